The standard InChI is InChI=1S/C19H24N4O3S/c1-26-17(25)8-5-11-20-16(24)13-27-19-22-21-18(15-9-10-15)23(19)12-14-6-3-2-4-7-14/h2-4,6-7,15H,5,8-13H2,1H3,(H,20,24). The number of esters is 1. The molecule has 144 valence electrons. The van der Waals surface area contributed by atoms with Crippen molar-refractivity contribution in [3.05, 3.63) is 41.7 Å². The predicted molar refractivity (Wildman–Crippen MR) is 103 cm³/mol. The SMILES string of the molecule is COC(=O)CCCNC(=O)CSc1nnc(C2CC2)n1Cc1ccccc1. The Labute approximate surface area is 162 Å². The molecule has 0 saturated heterocycles. The molecule has 3 rings (SSSR count). The zero-order chi connectivity index (χ0) is 19.1. The van der Waals surface area contributed by atoms with Gasteiger partial charge < -0.3 is 14.6 Å². The highest BCUT2D eigenvalue weighted by atomic mass is 32.2. The first-order valence-corrected chi connectivity index (χ1v) is 10.1. The van der Waals surface area contributed by atoms with Crippen molar-refractivity contribution in [2.75, 3.05) is 19.4 Å². The Morgan fingerprint density at radius 1 is 1.26 bits per heavy atom. The molecule has 0 spiro atoms. The van der Waals surface area contributed by atoms with Crippen LogP contribution in [-0.4, -0.2) is 46.0 Å². The Kier molecular flexibility index (Phi) is 6.86. The van der Waals surface area contributed by atoms with Gasteiger partial charge in [0.1, 0.15) is 5.82 Å². The van der Waals surface area contributed by atoms with Crippen LogP contribution in [-0.2, 0) is 20.9 Å². The number of carbonyl (C=O) groups is 2. The van der Waals surface area contributed by atoms with Crippen LogP contribution in [0.5, 0.6) is 0 Å². The molecule has 0 radical (unpaired) electrons. The molecule has 0 aliphatic heterocycles. The summed E-state index contributed by atoms with van der Waals surface area (Å²) in [6.45, 7) is 1.17. The van der Waals surface area contributed by atoms with E-state index in [9.17, 15) is 9.59 Å². The monoisotopic (exact) mass is 388 g/mol. The van der Waals surface area contributed by atoms with Crippen molar-refractivity contribution < 1.29 is 14.3 Å². The maximum atomic E-state index is 12.0. The lowest BCUT2D eigenvalue weighted by molar-refractivity contribution is -0.140. The van der Waals surface area contributed by atoms with Gasteiger partial charge in [0.2, 0.25) is 5.91 Å². The van der Waals surface area contributed by atoms with E-state index in [1.54, 1.807) is 0 Å². The summed E-state index contributed by atoms with van der Waals surface area (Å²) in [6, 6.07) is 10.2. The zero-order valence-corrected chi connectivity index (χ0v) is 16.2. The smallest absolute Gasteiger partial charge is 0.305 e. The van der Waals surface area contributed by atoms with Crippen LogP contribution in [0.3, 0.4) is 0 Å². The van der Waals surface area contributed by atoms with E-state index in [0.717, 1.165) is 23.8 Å². The Bertz CT molecular complexity index is 775. The van der Waals surface area contributed by atoms with E-state index in [2.05, 4.69) is 37.0 Å². The van der Waals surface area contributed by atoms with E-state index in [4.69, 9.17) is 0 Å². The van der Waals surface area contributed by atoms with Crippen LogP contribution < -0.4 is 5.32 Å². The van der Waals surface area contributed by atoms with E-state index in [1.165, 1.54) is 24.4 Å². The topological polar surface area (TPSA) is 86.1 Å². The number of methoxy groups -OCH3 is 1. The van der Waals surface area contributed by atoms with Gasteiger partial charge in [0, 0.05) is 18.9 Å². The Morgan fingerprint density at radius 2 is 2.04 bits per heavy atom. The third-order valence-electron chi connectivity index (χ3n) is 4.31. The van der Waals surface area contributed by atoms with Gasteiger partial charge in [-0.1, -0.05) is 42.1 Å². The summed E-state index contributed by atoms with van der Waals surface area (Å²) in [5.74, 6) is 1.44. The van der Waals surface area contributed by atoms with E-state index in [-0.39, 0.29) is 17.6 Å². The molecule has 1 aliphatic rings. The Morgan fingerprint density at radius 3 is 2.74 bits per heavy atom. The van der Waals surface area contributed by atoms with Crippen molar-refractivity contribution in [3.8, 4) is 0 Å². The number of nitrogens with one attached hydrogen (secondary N) is 1. The van der Waals surface area contributed by atoms with Crippen LogP contribution in [0.25, 0.3) is 0 Å². The van der Waals surface area contributed by atoms with Crippen LogP contribution in [0.2, 0.25) is 0 Å². The summed E-state index contributed by atoms with van der Waals surface area (Å²) in [5, 5.41) is 12.3. The number of thioether (sulfide) groups is 1. The number of ether oxygens (including phenoxy) is 1. The largest absolute Gasteiger partial charge is 0.469 e. The Balaban J connectivity index is 1.53. The molecule has 1 aromatic carbocycles. The van der Waals surface area contributed by atoms with E-state index < -0.39 is 0 Å². The molecule has 8 heteroatoms. The number of aromatic nitrogens is 3. The second-order valence-electron chi connectivity index (χ2n) is 6.51. The molecule has 0 bridgehead atoms. The summed E-state index contributed by atoms with van der Waals surface area (Å²) >= 11 is 1.39. The molecule has 0 unspecified atom stereocenters. The first-order valence-electron chi connectivity index (χ1n) is 9.10. The van der Waals surface area contributed by atoms with E-state index in [1.807, 2.05) is 18.2 Å². The summed E-state index contributed by atoms with van der Waals surface area (Å²) < 4.78 is 6.70. The van der Waals surface area contributed by atoms with Gasteiger partial charge in [-0.2, -0.15) is 0 Å². The van der Waals surface area contributed by atoms with E-state index in [0.29, 0.717) is 31.8 Å². The number of nitrogens with zero attached hydrogens (tertiary/aromatic N) is 3. The van der Waals surface area contributed by atoms with Gasteiger partial charge >= 0.3 is 5.97 Å². The highest BCUT2D eigenvalue weighted by Crippen LogP contribution is 2.40. The van der Waals surface area contributed by atoms with Crippen molar-refractivity contribution in [2.45, 2.75) is 43.3 Å². The molecule has 1 aliphatic carbocycles. The maximum absolute atomic E-state index is 12.0. The lowest BCUT2D eigenvalue weighted by Crippen LogP contribution is -2.26. The van der Waals surface area contributed by atoms with Gasteiger partial charge in [-0.05, 0) is 24.8 Å². The minimum absolute atomic E-state index is 0.0768. The van der Waals surface area contributed by atoms with Crippen LogP contribution in [0.4, 0.5) is 0 Å². The number of carbonyl (C=O) groups excluding carboxylic acids is 2. The molecule has 1 saturated carbocycles. The van der Waals surface area contributed by atoms with Crippen LogP contribution in [0.15, 0.2) is 35.5 Å². The quantitative estimate of drug-likeness (QED) is 0.382. The molecule has 1 fully saturated rings. The fourth-order valence-corrected chi connectivity index (χ4v) is 3.48. The molecule has 1 amide bonds. The lowest BCUT2D eigenvalue weighted by Gasteiger charge is -2.10. The average molecular weight is 388 g/mol. The lowest BCUT2D eigenvalue weighted by atomic mass is 10.2. The van der Waals surface area contributed by atoms with Crippen LogP contribution in [0.1, 0.15) is 43.0 Å². The third-order valence-corrected chi connectivity index (χ3v) is 5.28. The van der Waals surface area contributed by atoms with Gasteiger partial charge in [-0.3, -0.25) is 9.59 Å². The van der Waals surface area contributed by atoms with Gasteiger partial charge in [-0.15, -0.1) is 10.2 Å². The number of hydrogen-bond acceptors (Lipinski definition) is 6. The van der Waals surface area contributed by atoms with Crippen molar-refractivity contribution in [1.29, 1.82) is 0 Å². The maximum Gasteiger partial charge on any atom is 0.305 e. The second-order valence-corrected chi connectivity index (χ2v) is 7.45. The van der Waals surface area contributed by atoms with Crippen molar-refractivity contribution in [1.82, 2.24) is 20.1 Å². The van der Waals surface area contributed by atoms with Crippen LogP contribution >= 0.6 is 11.8 Å². The number of benzene rings is 1. The zero-order valence-electron chi connectivity index (χ0n) is 15.4. The van der Waals surface area contributed by atoms with Gasteiger partial charge in [0.05, 0.1) is 19.4 Å². The predicted octanol–water partition coefficient (Wildman–Crippen LogP) is 2.37. The summed E-state index contributed by atoms with van der Waals surface area (Å²) in [6.07, 6.45) is 3.18. The molecule has 27 heavy (non-hydrogen) atoms. The minimum Gasteiger partial charge on any atom is -0.469 e. The summed E-state index contributed by atoms with van der Waals surface area (Å²) in [5.41, 5.74) is 1.19. The fraction of sp³-hybridized carbons (Fsp3) is 0.474. The third kappa shape index (κ3) is 5.82. The molecule has 2 aromatic rings. The average Bonchev–Trinajstić information content (AvgIpc) is 3.46. The minimum atomic E-state index is -0.264. The van der Waals surface area contributed by atoms with Crippen LogP contribution in [0, 0.1) is 0 Å². The van der Waals surface area contributed by atoms with Gasteiger partial charge in [0.25, 0.3) is 0 Å². The number of amides is 1. The van der Waals surface area contributed by atoms with E-state index >= 15 is 0 Å². The molecular formula is C19H24N4O3S. The highest BCUT2D eigenvalue weighted by Gasteiger charge is 2.30. The second kappa shape index (κ2) is 9.55. The molecule has 1 aromatic heterocycles. The molecule has 1 N–H and O–H groups in total. The highest BCUT2D eigenvalue weighted by molar-refractivity contribution is 7.99. The first-order chi connectivity index (χ1) is 13.2. The van der Waals surface area contributed by atoms with Gasteiger partial charge in [0.15, 0.2) is 5.16 Å². The summed E-state index contributed by atoms with van der Waals surface area (Å²) in [4.78, 5) is 23.1. The molecule has 1 heterocycles. The number of hydrogen-bond donors (Lipinski definition) is 1. The number of rotatable bonds is 10. The normalized spacial score (nSPS) is 13.4. The molecule has 7 nitrogen and oxygen atoms in total. The van der Waals surface area contributed by atoms with Gasteiger partial charge in [-0.25, -0.2) is 0 Å². The van der Waals surface area contributed by atoms with Crippen molar-refractivity contribution in [3.63, 3.8) is 0 Å². The van der Waals surface area contributed by atoms with Crippen molar-refractivity contribution in [2.24, 2.45) is 0 Å². The summed E-state index contributed by atoms with van der Waals surface area (Å²) in [7, 11) is 1.36. The molecule has 0 atom stereocenters. The fourth-order valence-electron chi connectivity index (χ4n) is 2.71. The molecular weight excluding hydrogens is 364 g/mol. The first kappa shape index (κ1) is 19.4. The van der Waals surface area contributed by atoms with Crippen molar-refractivity contribution >= 4 is 23.6 Å². The Hall–Kier alpha value is -2.35.